The summed E-state index contributed by atoms with van der Waals surface area (Å²) in [6.07, 6.45) is 6.58. The number of amides is 1. The van der Waals surface area contributed by atoms with Crippen molar-refractivity contribution in [3.05, 3.63) is 47.2 Å². The molecule has 0 aromatic carbocycles. The first kappa shape index (κ1) is 11.5. The third-order valence-corrected chi connectivity index (χ3v) is 2.86. The lowest BCUT2D eigenvalue weighted by molar-refractivity contribution is -0.111. The SMILES string of the molecule is Cc1csc(NC(=O)/C=C/c2ccncc2)n1. The first-order valence-corrected chi connectivity index (χ1v) is 5.93. The van der Waals surface area contributed by atoms with Crippen LogP contribution in [0.15, 0.2) is 36.0 Å². The van der Waals surface area contributed by atoms with Crippen LogP contribution in [-0.4, -0.2) is 15.9 Å². The Hall–Kier alpha value is -2.01. The fourth-order valence-corrected chi connectivity index (χ4v) is 1.90. The Morgan fingerprint density at radius 3 is 2.82 bits per heavy atom. The molecule has 1 amide bonds. The van der Waals surface area contributed by atoms with Crippen molar-refractivity contribution in [2.24, 2.45) is 0 Å². The highest BCUT2D eigenvalue weighted by Crippen LogP contribution is 2.14. The van der Waals surface area contributed by atoms with Crippen LogP contribution in [0.5, 0.6) is 0 Å². The van der Waals surface area contributed by atoms with Crippen LogP contribution in [-0.2, 0) is 4.79 Å². The number of nitrogens with one attached hydrogen (secondary N) is 1. The lowest BCUT2D eigenvalue weighted by atomic mass is 10.2. The molecule has 5 heteroatoms. The number of rotatable bonds is 3. The van der Waals surface area contributed by atoms with Gasteiger partial charge in [-0.1, -0.05) is 0 Å². The van der Waals surface area contributed by atoms with Gasteiger partial charge in [0.2, 0.25) is 5.91 Å². The number of hydrogen-bond acceptors (Lipinski definition) is 4. The fourth-order valence-electron chi connectivity index (χ4n) is 1.20. The zero-order valence-corrected chi connectivity index (χ0v) is 10.1. The number of aromatic nitrogens is 2. The van der Waals surface area contributed by atoms with Gasteiger partial charge < -0.3 is 0 Å². The highest BCUT2D eigenvalue weighted by Gasteiger charge is 2.01. The Morgan fingerprint density at radius 2 is 2.18 bits per heavy atom. The molecule has 0 aliphatic heterocycles. The van der Waals surface area contributed by atoms with Gasteiger partial charge in [-0.15, -0.1) is 11.3 Å². The number of anilines is 1. The van der Waals surface area contributed by atoms with E-state index in [-0.39, 0.29) is 5.91 Å². The smallest absolute Gasteiger partial charge is 0.250 e. The monoisotopic (exact) mass is 245 g/mol. The first-order valence-electron chi connectivity index (χ1n) is 5.05. The average Bonchev–Trinajstić information content (AvgIpc) is 2.73. The summed E-state index contributed by atoms with van der Waals surface area (Å²) < 4.78 is 0. The Kier molecular flexibility index (Phi) is 3.62. The van der Waals surface area contributed by atoms with Gasteiger partial charge in [0.15, 0.2) is 5.13 Å². The van der Waals surface area contributed by atoms with Gasteiger partial charge >= 0.3 is 0 Å². The molecule has 2 rings (SSSR count). The second-order valence-corrected chi connectivity index (χ2v) is 4.26. The number of nitrogens with zero attached hydrogens (tertiary/aromatic N) is 2. The molecule has 4 nitrogen and oxygen atoms in total. The zero-order valence-electron chi connectivity index (χ0n) is 9.25. The summed E-state index contributed by atoms with van der Waals surface area (Å²) in [5.74, 6) is -0.184. The van der Waals surface area contributed by atoms with Gasteiger partial charge in [0, 0.05) is 23.8 Å². The van der Waals surface area contributed by atoms with E-state index in [1.807, 2.05) is 24.4 Å². The number of aryl methyl sites for hydroxylation is 1. The molecule has 0 aliphatic rings. The van der Waals surface area contributed by atoms with Crippen LogP contribution in [0.4, 0.5) is 5.13 Å². The standard InChI is InChI=1S/C12H11N3OS/c1-9-8-17-12(14-9)15-11(16)3-2-10-4-6-13-7-5-10/h2-8H,1H3,(H,14,15,16)/b3-2+. The number of thiazole rings is 1. The van der Waals surface area contributed by atoms with Gasteiger partial charge in [0.1, 0.15) is 0 Å². The Balaban J connectivity index is 1.96. The van der Waals surface area contributed by atoms with Crippen LogP contribution in [0.25, 0.3) is 6.08 Å². The molecule has 0 saturated heterocycles. The van der Waals surface area contributed by atoms with Crippen LogP contribution in [0, 0.1) is 6.92 Å². The van der Waals surface area contributed by atoms with Gasteiger partial charge in [-0.3, -0.25) is 15.1 Å². The highest BCUT2D eigenvalue weighted by molar-refractivity contribution is 7.13. The normalized spacial score (nSPS) is 10.6. The van der Waals surface area contributed by atoms with Crippen LogP contribution in [0.2, 0.25) is 0 Å². The van der Waals surface area contributed by atoms with Crippen molar-refractivity contribution in [1.29, 1.82) is 0 Å². The molecule has 0 atom stereocenters. The number of carbonyl (C=O) groups is 1. The molecule has 1 N–H and O–H groups in total. The van der Waals surface area contributed by atoms with Gasteiger partial charge in [-0.2, -0.15) is 0 Å². The molecule has 0 radical (unpaired) electrons. The molecule has 2 aromatic heterocycles. The molecule has 2 heterocycles. The molecule has 86 valence electrons. The Morgan fingerprint density at radius 1 is 1.41 bits per heavy atom. The minimum Gasteiger partial charge on any atom is -0.298 e. The van der Waals surface area contributed by atoms with Crippen molar-refractivity contribution >= 4 is 28.5 Å². The summed E-state index contributed by atoms with van der Waals surface area (Å²) in [5.41, 5.74) is 1.84. The van der Waals surface area contributed by atoms with Crippen LogP contribution in [0.1, 0.15) is 11.3 Å². The van der Waals surface area contributed by atoms with Crippen LogP contribution < -0.4 is 5.32 Å². The maximum Gasteiger partial charge on any atom is 0.250 e. The van der Waals surface area contributed by atoms with E-state index in [0.717, 1.165) is 11.3 Å². The second-order valence-electron chi connectivity index (χ2n) is 3.40. The molecule has 17 heavy (non-hydrogen) atoms. The summed E-state index contributed by atoms with van der Waals surface area (Å²) >= 11 is 1.41. The summed E-state index contributed by atoms with van der Waals surface area (Å²) in [4.78, 5) is 19.6. The quantitative estimate of drug-likeness (QED) is 0.845. The largest absolute Gasteiger partial charge is 0.298 e. The molecule has 0 aliphatic carbocycles. The molecule has 0 saturated carbocycles. The van der Waals surface area contributed by atoms with E-state index < -0.39 is 0 Å². The van der Waals surface area contributed by atoms with E-state index in [0.29, 0.717) is 5.13 Å². The molecule has 0 unspecified atom stereocenters. The number of pyridine rings is 1. The zero-order chi connectivity index (χ0) is 12.1. The summed E-state index contributed by atoms with van der Waals surface area (Å²) in [6, 6.07) is 3.66. The summed E-state index contributed by atoms with van der Waals surface area (Å²) in [5, 5.41) is 5.21. The Labute approximate surface area is 103 Å². The minimum absolute atomic E-state index is 0.184. The van der Waals surface area contributed by atoms with Crippen molar-refractivity contribution in [3.8, 4) is 0 Å². The molecule has 0 spiro atoms. The van der Waals surface area contributed by atoms with E-state index in [4.69, 9.17) is 0 Å². The van der Waals surface area contributed by atoms with E-state index in [9.17, 15) is 4.79 Å². The average molecular weight is 245 g/mol. The van der Waals surface area contributed by atoms with Crippen molar-refractivity contribution in [2.75, 3.05) is 5.32 Å². The molecule has 0 fully saturated rings. The molecule has 2 aromatic rings. The molecule has 0 bridgehead atoms. The molecular formula is C12H11N3OS. The van der Waals surface area contributed by atoms with Gasteiger partial charge in [0.25, 0.3) is 0 Å². The van der Waals surface area contributed by atoms with E-state index in [1.54, 1.807) is 18.5 Å². The Bertz CT molecular complexity index is 534. The number of hydrogen-bond donors (Lipinski definition) is 1. The summed E-state index contributed by atoms with van der Waals surface area (Å²) in [7, 11) is 0. The first-order chi connectivity index (χ1) is 8.24. The highest BCUT2D eigenvalue weighted by atomic mass is 32.1. The third kappa shape index (κ3) is 3.49. The van der Waals surface area contributed by atoms with Crippen molar-refractivity contribution in [1.82, 2.24) is 9.97 Å². The minimum atomic E-state index is -0.184. The maximum absolute atomic E-state index is 11.5. The maximum atomic E-state index is 11.5. The second kappa shape index (κ2) is 5.36. The van der Waals surface area contributed by atoms with Gasteiger partial charge in [0.05, 0.1) is 5.69 Å². The van der Waals surface area contributed by atoms with Crippen molar-refractivity contribution < 1.29 is 4.79 Å². The van der Waals surface area contributed by atoms with Crippen LogP contribution in [0.3, 0.4) is 0 Å². The lowest BCUT2D eigenvalue weighted by Crippen LogP contribution is -2.07. The van der Waals surface area contributed by atoms with Crippen molar-refractivity contribution in [3.63, 3.8) is 0 Å². The van der Waals surface area contributed by atoms with Crippen LogP contribution >= 0.6 is 11.3 Å². The predicted molar refractivity (Wildman–Crippen MR) is 68.8 cm³/mol. The van der Waals surface area contributed by atoms with E-state index >= 15 is 0 Å². The fraction of sp³-hybridized carbons (Fsp3) is 0.0833. The van der Waals surface area contributed by atoms with Crippen molar-refractivity contribution in [2.45, 2.75) is 6.92 Å². The molecular weight excluding hydrogens is 234 g/mol. The van der Waals surface area contributed by atoms with E-state index in [1.165, 1.54) is 17.4 Å². The van der Waals surface area contributed by atoms with E-state index in [2.05, 4.69) is 15.3 Å². The summed E-state index contributed by atoms with van der Waals surface area (Å²) in [6.45, 7) is 1.89. The topological polar surface area (TPSA) is 54.9 Å². The van der Waals surface area contributed by atoms with Gasteiger partial charge in [-0.25, -0.2) is 4.98 Å². The predicted octanol–water partition coefficient (Wildman–Crippen LogP) is 2.50. The van der Waals surface area contributed by atoms with Gasteiger partial charge in [-0.05, 0) is 30.7 Å². The third-order valence-electron chi connectivity index (χ3n) is 1.98. The number of carbonyl (C=O) groups excluding carboxylic acids is 1. The lowest BCUT2D eigenvalue weighted by Gasteiger charge is -1.95.